The zero-order chi connectivity index (χ0) is 16.2. The van der Waals surface area contributed by atoms with Crippen LogP contribution in [0.2, 0.25) is 0 Å². The highest BCUT2D eigenvalue weighted by atomic mass is 35.5. The fraction of sp³-hybridized carbons (Fsp3) is 0.600. The molecule has 1 aromatic rings. The first kappa shape index (κ1) is 18.4. The quantitative estimate of drug-likeness (QED) is 0.771. The van der Waals surface area contributed by atoms with E-state index in [1.165, 1.54) is 12.1 Å². The van der Waals surface area contributed by atoms with Crippen molar-refractivity contribution in [1.29, 1.82) is 0 Å². The molecule has 0 radical (unpaired) electrons. The number of hydrogen-bond acceptors (Lipinski definition) is 2. The Labute approximate surface area is 131 Å². The van der Waals surface area contributed by atoms with Crippen LogP contribution in [0, 0.1) is 25.6 Å². The van der Waals surface area contributed by atoms with Crippen molar-refractivity contribution in [3.05, 3.63) is 29.1 Å². The zero-order valence-corrected chi connectivity index (χ0v) is 14.5. The molecule has 3 nitrogen and oxygen atoms in total. The summed E-state index contributed by atoms with van der Waals surface area (Å²) in [7, 11) is -3.68. The van der Waals surface area contributed by atoms with E-state index in [1.807, 2.05) is 13.8 Å². The molecule has 0 fully saturated rings. The third kappa shape index (κ3) is 4.66. The first-order valence-electron chi connectivity index (χ1n) is 7.13. The Bertz CT molecular complexity index is 562. The predicted octanol–water partition coefficient (Wildman–Crippen LogP) is 3.76. The van der Waals surface area contributed by atoms with Gasteiger partial charge in [0.05, 0.1) is 4.90 Å². The van der Waals surface area contributed by atoms with Gasteiger partial charge in [-0.15, -0.1) is 11.6 Å². The van der Waals surface area contributed by atoms with Crippen LogP contribution in [0.4, 0.5) is 4.39 Å². The van der Waals surface area contributed by atoms with Crippen molar-refractivity contribution in [2.75, 3.05) is 6.54 Å². The van der Waals surface area contributed by atoms with Crippen LogP contribution in [-0.4, -0.2) is 20.3 Å². The summed E-state index contributed by atoms with van der Waals surface area (Å²) in [6, 6.07) is 2.45. The maximum atomic E-state index is 13.3. The number of halogens is 2. The topological polar surface area (TPSA) is 46.2 Å². The molecule has 1 atom stereocenters. The zero-order valence-electron chi connectivity index (χ0n) is 12.9. The Hall–Kier alpha value is -0.650. The van der Waals surface area contributed by atoms with Crippen molar-refractivity contribution in [2.24, 2.45) is 5.92 Å². The number of sulfonamides is 1. The van der Waals surface area contributed by atoms with Gasteiger partial charge in [-0.2, -0.15) is 0 Å². The van der Waals surface area contributed by atoms with Crippen molar-refractivity contribution in [3.8, 4) is 0 Å². The summed E-state index contributed by atoms with van der Waals surface area (Å²) >= 11 is 6.26. The van der Waals surface area contributed by atoms with Gasteiger partial charge in [0.1, 0.15) is 5.82 Å². The van der Waals surface area contributed by atoms with Gasteiger partial charge in [0.25, 0.3) is 0 Å². The fourth-order valence-electron chi connectivity index (χ4n) is 2.55. The Morgan fingerprint density at radius 3 is 2.10 bits per heavy atom. The van der Waals surface area contributed by atoms with Crippen molar-refractivity contribution < 1.29 is 12.8 Å². The van der Waals surface area contributed by atoms with E-state index in [0.717, 1.165) is 12.8 Å². The number of alkyl halides is 1. The molecule has 0 aliphatic carbocycles. The molecule has 0 aliphatic rings. The van der Waals surface area contributed by atoms with Gasteiger partial charge in [0.2, 0.25) is 10.0 Å². The number of hydrogen-bond donors (Lipinski definition) is 1. The Balaban J connectivity index is 2.93. The number of benzene rings is 1. The van der Waals surface area contributed by atoms with E-state index in [4.69, 9.17) is 11.6 Å². The molecule has 21 heavy (non-hydrogen) atoms. The summed E-state index contributed by atoms with van der Waals surface area (Å²) in [5.41, 5.74) is 0.794. The summed E-state index contributed by atoms with van der Waals surface area (Å²) in [5, 5.41) is -0.254. The SMILES string of the molecule is CCC(CC)C(Cl)CNS(=O)(=O)c1c(C)cc(F)cc1C. The third-order valence-corrected chi connectivity index (χ3v) is 5.96. The van der Waals surface area contributed by atoms with E-state index in [2.05, 4.69) is 4.72 Å². The molecule has 0 aliphatic heterocycles. The standard InChI is InChI=1S/C15H23ClFNO2S/c1-5-12(6-2)14(16)9-18-21(19,20)15-10(3)7-13(17)8-11(15)4/h7-8,12,14,18H,5-6,9H2,1-4H3. The third-order valence-electron chi connectivity index (χ3n) is 3.72. The van der Waals surface area contributed by atoms with Crippen LogP contribution in [0.1, 0.15) is 37.8 Å². The van der Waals surface area contributed by atoms with Crippen LogP contribution < -0.4 is 4.72 Å². The lowest BCUT2D eigenvalue weighted by atomic mass is 9.99. The molecule has 0 bridgehead atoms. The molecule has 120 valence electrons. The van der Waals surface area contributed by atoms with Gasteiger partial charge in [-0.1, -0.05) is 26.7 Å². The second kappa shape index (κ2) is 7.56. The highest BCUT2D eigenvalue weighted by Gasteiger charge is 2.23. The summed E-state index contributed by atoms with van der Waals surface area (Å²) in [4.78, 5) is 0.136. The molecule has 0 saturated carbocycles. The molecular weight excluding hydrogens is 313 g/mol. The molecule has 1 unspecified atom stereocenters. The highest BCUT2D eigenvalue weighted by molar-refractivity contribution is 7.89. The van der Waals surface area contributed by atoms with Gasteiger partial charge in [-0.3, -0.25) is 0 Å². The van der Waals surface area contributed by atoms with Crippen LogP contribution in [0.3, 0.4) is 0 Å². The smallest absolute Gasteiger partial charge is 0.210 e. The molecule has 1 N–H and O–H groups in total. The predicted molar refractivity (Wildman–Crippen MR) is 84.8 cm³/mol. The van der Waals surface area contributed by atoms with Crippen LogP contribution >= 0.6 is 11.6 Å². The maximum absolute atomic E-state index is 13.3. The monoisotopic (exact) mass is 335 g/mol. The molecule has 0 saturated heterocycles. The lowest BCUT2D eigenvalue weighted by Crippen LogP contribution is -2.34. The first-order chi connectivity index (χ1) is 9.72. The van der Waals surface area contributed by atoms with Crippen molar-refractivity contribution in [2.45, 2.75) is 50.8 Å². The van der Waals surface area contributed by atoms with Gasteiger partial charge >= 0.3 is 0 Å². The van der Waals surface area contributed by atoms with Crippen LogP contribution in [0.15, 0.2) is 17.0 Å². The van der Waals surface area contributed by atoms with E-state index in [1.54, 1.807) is 13.8 Å². The Kier molecular flexibility index (Phi) is 6.63. The average Bonchev–Trinajstić information content (AvgIpc) is 2.36. The number of aryl methyl sites for hydroxylation is 2. The Morgan fingerprint density at radius 2 is 1.67 bits per heavy atom. The highest BCUT2D eigenvalue weighted by Crippen LogP contribution is 2.22. The van der Waals surface area contributed by atoms with E-state index >= 15 is 0 Å². The maximum Gasteiger partial charge on any atom is 0.241 e. The van der Waals surface area contributed by atoms with Crippen LogP contribution in [0.25, 0.3) is 0 Å². The van der Waals surface area contributed by atoms with Crippen LogP contribution in [0.5, 0.6) is 0 Å². The second-order valence-electron chi connectivity index (χ2n) is 5.31. The second-order valence-corrected chi connectivity index (χ2v) is 7.58. The van der Waals surface area contributed by atoms with Crippen molar-refractivity contribution in [3.63, 3.8) is 0 Å². The summed E-state index contributed by atoms with van der Waals surface area (Å²) < 4.78 is 40.6. The van der Waals surface area contributed by atoms with Gasteiger partial charge < -0.3 is 0 Å². The number of nitrogens with one attached hydrogen (secondary N) is 1. The molecule has 1 rings (SSSR count). The van der Waals surface area contributed by atoms with E-state index in [0.29, 0.717) is 11.1 Å². The summed E-state index contributed by atoms with van der Waals surface area (Å²) in [5.74, 6) is -0.166. The van der Waals surface area contributed by atoms with E-state index in [-0.39, 0.29) is 22.7 Å². The van der Waals surface area contributed by atoms with Crippen LogP contribution in [-0.2, 0) is 10.0 Å². The minimum atomic E-state index is -3.68. The molecular formula is C15H23ClFNO2S. The minimum Gasteiger partial charge on any atom is -0.210 e. The summed E-state index contributed by atoms with van der Waals surface area (Å²) in [6.45, 7) is 7.42. The normalized spacial score (nSPS) is 13.7. The van der Waals surface area contributed by atoms with Crippen molar-refractivity contribution in [1.82, 2.24) is 4.72 Å². The minimum absolute atomic E-state index is 0.136. The molecule has 1 aromatic carbocycles. The fourth-order valence-corrected chi connectivity index (χ4v) is 4.58. The molecule has 6 heteroatoms. The van der Waals surface area contributed by atoms with E-state index < -0.39 is 15.8 Å². The average molecular weight is 336 g/mol. The molecule has 0 amide bonds. The Morgan fingerprint density at radius 1 is 1.19 bits per heavy atom. The van der Waals surface area contributed by atoms with Gasteiger partial charge in [0, 0.05) is 11.9 Å². The summed E-state index contributed by atoms with van der Waals surface area (Å²) in [6.07, 6.45) is 1.81. The number of rotatable bonds is 7. The lowest BCUT2D eigenvalue weighted by molar-refractivity contribution is 0.460. The van der Waals surface area contributed by atoms with Crippen molar-refractivity contribution >= 4 is 21.6 Å². The van der Waals surface area contributed by atoms with E-state index in [9.17, 15) is 12.8 Å². The van der Waals surface area contributed by atoms with Gasteiger partial charge in [-0.25, -0.2) is 17.5 Å². The van der Waals surface area contributed by atoms with Gasteiger partial charge in [0.15, 0.2) is 0 Å². The largest absolute Gasteiger partial charge is 0.241 e. The lowest BCUT2D eigenvalue weighted by Gasteiger charge is -2.20. The molecule has 0 aromatic heterocycles. The molecule has 0 spiro atoms. The first-order valence-corrected chi connectivity index (χ1v) is 9.05. The van der Waals surface area contributed by atoms with Gasteiger partial charge in [-0.05, 0) is 43.0 Å². The molecule has 0 heterocycles.